The zero-order valence-corrected chi connectivity index (χ0v) is 6.48. The zero-order valence-electron chi connectivity index (χ0n) is 6.48. The number of pyridine rings is 1. The van der Waals surface area contributed by atoms with Gasteiger partial charge in [-0.15, -0.1) is 0 Å². The van der Waals surface area contributed by atoms with Crippen LogP contribution in [0.2, 0.25) is 0 Å². The fourth-order valence-corrected chi connectivity index (χ4v) is 0.755. The van der Waals surface area contributed by atoms with E-state index in [0.717, 1.165) is 0 Å². The third kappa shape index (κ3) is 1.45. The highest BCUT2D eigenvalue weighted by Crippen LogP contribution is 2.29. The summed E-state index contributed by atoms with van der Waals surface area (Å²) < 4.78 is 9.37. The molecule has 0 radical (unpaired) electrons. The van der Waals surface area contributed by atoms with Crippen LogP contribution < -0.4 is 15.2 Å². The van der Waals surface area contributed by atoms with Gasteiger partial charge in [0.25, 0.3) is 12.4 Å². The molecule has 0 aromatic carbocycles. The van der Waals surface area contributed by atoms with Crippen molar-refractivity contribution in [1.29, 1.82) is 0 Å². The maximum Gasteiger partial charge on any atom is 0.298 e. The highest BCUT2D eigenvalue weighted by molar-refractivity contribution is 5.61. The van der Waals surface area contributed by atoms with Crippen LogP contribution >= 0.6 is 0 Å². The maximum atomic E-state index is 10.0. The Morgan fingerprint density at radius 2 is 2.42 bits per heavy atom. The van der Waals surface area contributed by atoms with Gasteiger partial charge < -0.3 is 15.2 Å². The molecular weight excluding hydrogens is 160 g/mol. The Labute approximate surface area is 69.1 Å². The Morgan fingerprint density at radius 3 is 3.00 bits per heavy atom. The minimum atomic E-state index is 0.148. The molecule has 12 heavy (non-hydrogen) atoms. The first-order valence-corrected chi connectivity index (χ1v) is 3.18. The summed E-state index contributed by atoms with van der Waals surface area (Å²) in [6.07, 6.45) is 1.46. The van der Waals surface area contributed by atoms with E-state index in [-0.39, 0.29) is 18.1 Å². The van der Waals surface area contributed by atoms with Crippen LogP contribution in [0.4, 0.5) is 5.69 Å². The smallest absolute Gasteiger partial charge is 0.298 e. The van der Waals surface area contributed by atoms with E-state index in [0.29, 0.717) is 5.69 Å². The molecule has 0 amide bonds. The van der Waals surface area contributed by atoms with Crippen LogP contribution in [-0.4, -0.2) is 18.6 Å². The lowest BCUT2D eigenvalue weighted by Gasteiger charge is -2.05. The normalized spacial score (nSPS) is 9.08. The van der Waals surface area contributed by atoms with E-state index in [9.17, 15) is 4.79 Å². The van der Waals surface area contributed by atoms with Gasteiger partial charge in [0.2, 0.25) is 5.75 Å². The molecule has 2 N–H and O–H groups in total. The van der Waals surface area contributed by atoms with Crippen LogP contribution in [0.5, 0.6) is 11.6 Å². The van der Waals surface area contributed by atoms with Gasteiger partial charge in [0.15, 0.2) is 0 Å². The van der Waals surface area contributed by atoms with Gasteiger partial charge in [-0.1, -0.05) is 0 Å². The Morgan fingerprint density at radius 1 is 1.67 bits per heavy atom. The lowest BCUT2D eigenvalue weighted by atomic mass is 10.4. The summed E-state index contributed by atoms with van der Waals surface area (Å²) in [6, 6.07) is 1.52. The number of carbonyl (C=O) groups excluding carboxylic acids is 1. The SMILES string of the molecule is COc1nccc(N)c1OC=O. The standard InChI is InChI=1S/C7H8N2O3/c1-11-7-6(12-4-10)5(8)2-3-9-7/h2-4H,1H3,(H2,8,9). The molecule has 1 aromatic heterocycles. The summed E-state index contributed by atoms with van der Waals surface area (Å²) >= 11 is 0. The van der Waals surface area contributed by atoms with Gasteiger partial charge in [0.1, 0.15) is 0 Å². The first kappa shape index (κ1) is 8.32. The van der Waals surface area contributed by atoms with E-state index in [2.05, 4.69) is 9.72 Å². The van der Waals surface area contributed by atoms with Crippen LogP contribution in [0.25, 0.3) is 0 Å². The van der Waals surface area contributed by atoms with Crippen molar-refractivity contribution in [2.24, 2.45) is 0 Å². The molecule has 0 aliphatic heterocycles. The molecule has 0 bridgehead atoms. The molecule has 0 spiro atoms. The number of ether oxygens (including phenoxy) is 2. The highest BCUT2D eigenvalue weighted by Gasteiger charge is 2.08. The van der Waals surface area contributed by atoms with E-state index >= 15 is 0 Å². The van der Waals surface area contributed by atoms with Crippen molar-refractivity contribution < 1.29 is 14.3 Å². The van der Waals surface area contributed by atoms with Crippen molar-refractivity contribution in [3.63, 3.8) is 0 Å². The average Bonchev–Trinajstić information content (AvgIpc) is 2.09. The molecule has 5 heteroatoms. The molecule has 0 aliphatic carbocycles. The number of hydrogen-bond donors (Lipinski definition) is 1. The number of rotatable bonds is 3. The van der Waals surface area contributed by atoms with Gasteiger partial charge in [-0.05, 0) is 6.07 Å². The van der Waals surface area contributed by atoms with Crippen LogP contribution in [0.3, 0.4) is 0 Å². The lowest BCUT2D eigenvalue weighted by Crippen LogP contribution is -1.99. The first-order valence-electron chi connectivity index (χ1n) is 3.18. The monoisotopic (exact) mass is 168 g/mol. The Kier molecular flexibility index (Phi) is 2.47. The van der Waals surface area contributed by atoms with E-state index in [1.54, 1.807) is 0 Å². The van der Waals surface area contributed by atoms with Crippen LogP contribution in [-0.2, 0) is 4.79 Å². The second kappa shape index (κ2) is 3.56. The number of carbonyl (C=O) groups is 1. The molecule has 0 saturated carbocycles. The van der Waals surface area contributed by atoms with Crippen molar-refractivity contribution in [3.8, 4) is 11.6 Å². The van der Waals surface area contributed by atoms with Crippen LogP contribution in [0, 0.1) is 0 Å². The van der Waals surface area contributed by atoms with Crippen molar-refractivity contribution in [2.75, 3.05) is 12.8 Å². The summed E-state index contributed by atoms with van der Waals surface area (Å²) in [6.45, 7) is 0.274. The molecule has 0 saturated heterocycles. The summed E-state index contributed by atoms with van der Waals surface area (Å²) in [5.41, 5.74) is 5.79. The largest absolute Gasteiger partial charge is 0.478 e. The van der Waals surface area contributed by atoms with Gasteiger partial charge in [0, 0.05) is 6.20 Å². The number of nitrogens with zero attached hydrogens (tertiary/aromatic N) is 1. The first-order chi connectivity index (χ1) is 5.79. The molecule has 0 aliphatic rings. The van der Waals surface area contributed by atoms with Crippen molar-refractivity contribution in [3.05, 3.63) is 12.3 Å². The molecule has 0 unspecified atom stereocenters. The number of anilines is 1. The van der Waals surface area contributed by atoms with Crippen LogP contribution in [0.1, 0.15) is 0 Å². The number of nitrogens with two attached hydrogens (primary N) is 1. The molecule has 1 aromatic rings. The number of nitrogen functional groups attached to an aromatic ring is 1. The fraction of sp³-hybridized carbons (Fsp3) is 0.143. The van der Waals surface area contributed by atoms with Gasteiger partial charge in [0.05, 0.1) is 12.8 Å². The number of aromatic nitrogens is 1. The second-order valence-electron chi connectivity index (χ2n) is 1.95. The molecule has 0 fully saturated rings. The topological polar surface area (TPSA) is 74.4 Å². The summed E-state index contributed by atoms with van der Waals surface area (Å²) in [7, 11) is 1.42. The Balaban J connectivity index is 3.10. The Bertz CT molecular complexity index is 288. The minimum absolute atomic E-state index is 0.148. The minimum Gasteiger partial charge on any atom is -0.478 e. The fourth-order valence-electron chi connectivity index (χ4n) is 0.755. The third-order valence-electron chi connectivity index (χ3n) is 1.26. The van der Waals surface area contributed by atoms with Gasteiger partial charge in [-0.25, -0.2) is 4.98 Å². The van der Waals surface area contributed by atoms with Crippen molar-refractivity contribution >= 4 is 12.2 Å². The highest BCUT2D eigenvalue weighted by atomic mass is 16.5. The van der Waals surface area contributed by atoms with E-state index in [1.165, 1.54) is 19.4 Å². The number of methoxy groups -OCH3 is 1. The molecule has 0 atom stereocenters. The predicted octanol–water partition coefficient (Wildman–Crippen LogP) is 0.208. The summed E-state index contributed by atoms with van der Waals surface area (Å²) in [4.78, 5) is 13.8. The zero-order chi connectivity index (χ0) is 8.97. The van der Waals surface area contributed by atoms with Crippen molar-refractivity contribution in [1.82, 2.24) is 4.98 Å². The summed E-state index contributed by atoms with van der Waals surface area (Å²) in [5, 5.41) is 0. The molecule has 5 nitrogen and oxygen atoms in total. The van der Waals surface area contributed by atoms with Gasteiger partial charge in [-0.2, -0.15) is 0 Å². The lowest BCUT2D eigenvalue weighted by molar-refractivity contribution is -0.120. The van der Waals surface area contributed by atoms with E-state index < -0.39 is 0 Å². The number of hydrogen-bond acceptors (Lipinski definition) is 5. The third-order valence-corrected chi connectivity index (χ3v) is 1.26. The van der Waals surface area contributed by atoms with E-state index in [4.69, 9.17) is 10.5 Å². The Hall–Kier alpha value is -1.78. The second-order valence-corrected chi connectivity index (χ2v) is 1.95. The predicted molar refractivity (Wildman–Crippen MR) is 41.9 cm³/mol. The molecular formula is C7H8N2O3. The molecule has 64 valence electrons. The van der Waals surface area contributed by atoms with Crippen LogP contribution in [0.15, 0.2) is 12.3 Å². The quantitative estimate of drug-likeness (QED) is 0.653. The molecule has 1 rings (SSSR count). The summed E-state index contributed by atoms with van der Waals surface area (Å²) in [5.74, 6) is 0.345. The average molecular weight is 168 g/mol. The van der Waals surface area contributed by atoms with Crippen molar-refractivity contribution in [2.45, 2.75) is 0 Å². The maximum absolute atomic E-state index is 10.0. The van der Waals surface area contributed by atoms with Gasteiger partial charge >= 0.3 is 0 Å². The molecule has 1 heterocycles. The van der Waals surface area contributed by atoms with E-state index in [1.807, 2.05) is 0 Å². The van der Waals surface area contributed by atoms with Gasteiger partial charge in [-0.3, -0.25) is 4.79 Å².